The Morgan fingerprint density at radius 2 is 1.66 bits per heavy atom. The van der Waals surface area contributed by atoms with Gasteiger partial charge in [-0.1, -0.05) is 37.6 Å². The molecule has 2 aromatic carbocycles. The lowest BCUT2D eigenvalue weighted by Gasteiger charge is -2.28. The van der Waals surface area contributed by atoms with Crippen LogP contribution in [0.1, 0.15) is 63.1 Å². The standard InChI is InChI=1S/C29H37F3N2O4/c1-5-18-28(3,26(35)37-6-2)38-25-16-12-21(13-17-25)8-7-9-24-20-34(27(36)33(24)4)19-22-10-14-23(15-11-22)29(30,31)32/h10-17,24H,5-9,18-20H2,1-4H3. The fourth-order valence-electron chi connectivity index (χ4n) is 4.75. The van der Waals surface area contributed by atoms with Crippen molar-refractivity contribution in [2.24, 2.45) is 0 Å². The molecule has 1 fully saturated rings. The number of hydrogen-bond donors (Lipinski definition) is 0. The van der Waals surface area contributed by atoms with E-state index in [0.29, 0.717) is 30.9 Å². The monoisotopic (exact) mass is 534 g/mol. The fraction of sp³-hybridized carbons (Fsp3) is 0.517. The number of carbonyl (C=O) groups excluding carboxylic acids is 2. The minimum atomic E-state index is -4.38. The summed E-state index contributed by atoms with van der Waals surface area (Å²) >= 11 is 0. The quantitative estimate of drug-likeness (QED) is 0.293. The summed E-state index contributed by atoms with van der Waals surface area (Å²) < 4.78 is 49.6. The highest BCUT2D eigenvalue weighted by Gasteiger charge is 2.37. The smallest absolute Gasteiger partial charge is 0.416 e. The van der Waals surface area contributed by atoms with Crippen molar-refractivity contribution in [3.63, 3.8) is 0 Å². The van der Waals surface area contributed by atoms with Crippen molar-refractivity contribution in [3.05, 3.63) is 65.2 Å². The van der Waals surface area contributed by atoms with E-state index >= 15 is 0 Å². The van der Waals surface area contributed by atoms with E-state index in [1.165, 1.54) is 12.1 Å². The van der Waals surface area contributed by atoms with Gasteiger partial charge in [0.2, 0.25) is 5.60 Å². The summed E-state index contributed by atoms with van der Waals surface area (Å²) in [6.07, 6.45) is -0.542. The van der Waals surface area contributed by atoms with Crippen molar-refractivity contribution in [1.29, 1.82) is 0 Å². The molecule has 2 unspecified atom stereocenters. The molecular weight excluding hydrogens is 497 g/mol. The number of esters is 1. The average molecular weight is 535 g/mol. The molecule has 1 aliphatic rings. The van der Waals surface area contributed by atoms with Crippen LogP contribution < -0.4 is 4.74 Å². The van der Waals surface area contributed by atoms with Gasteiger partial charge in [-0.25, -0.2) is 9.59 Å². The van der Waals surface area contributed by atoms with E-state index in [2.05, 4.69) is 0 Å². The lowest BCUT2D eigenvalue weighted by molar-refractivity contribution is -0.161. The van der Waals surface area contributed by atoms with E-state index in [0.717, 1.165) is 43.4 Å². The van der Waals surface area contributed by atoms with Gasteiger partial charge in [-0.05, 0) is 74.9 Å². The molecule has 3 rings (SSSR count). The molecule has 0 bridgehead atoms. The van der Waals surface area contributed by atoms with Crippen LogP contribution >= 0.6 is 0 Å². The number of rotatable bonds is 12. The molecule has 2 atom stereocenters. The van der Waals surface area contributed by atoms with E-state index in [1.54, 1.807) is 30.7 Å². The van der Waals surface area contributed by atoms with Crippen molar-refractivity contribution in [2.75, 3.05) is 20.2 Å². The van der Waals surface area contributed by atoms with Crippen LogP contribution in [0.4, 0.5) is 18.0 Å². The van der Waals surface area contributed by atoms with Gasteiger partial charge in [0, 0.05) is 20.1 Å². The molecule has 1 heterocycles. The van der Waals surface area contributed by atoms with Crippen molar-refractivity contribution in [1.82, 2.24) is 9.80 Å². The summed E-state index contributed by atoms with van der Waals surface area (Å²) in [4.78, 5) is 28.5. The third-order valence-electron chi connectivity index (χ3n) is 6.91. The first-order valence-electron chi connectivity index (χ1n) is 13.1. The molecule has 0 N–H and O–H groups in total. The Morgan fingerprint density at radius 1 is 1.03 bits per heavy atom. The fourth-order valence-corrected chi connectivity index (χ4v) is 4.75. The van der Waals surface area contributed by atoms with Crippen LogP contribution in [0.3, 0.4) is 0 Å². The Morgan fingerprint density at radius 3 is 2.24 bits per heavy atom. The van der Waals surface area contributed by atoms with Crippen LogP contribution in [0.25, 0.3) is 0 Å². The zero-order chi connectivity index (χ0) is 27.9. The number of amides is 2. The number of halogens is 3. The van der Waals surface area contributed by atoms with E-state index in [1.807, 2.05) is 31.2 Å². The van der Waals surface area contributed by atoms with Gasteiger partial charge in [0.1, 0.15) is 5.75 Å². The Bertz CT molecular complexity index is 1070. The first kappa shape index (κ1) is 29.3. The molecule has 6 nitrogen and oxygen atoms in total. The molecule has 0 radical (unpaired) electrons. The average Bonchev–Trinajstić information content (AvgIpc) is 3.13. The number of benzene rings is 2. The van der Waals surface area contributed by atoms with E-state index < -0.39 is 17.3 Å². The van der Waals surface area contributed by atoms with Gasteiger partial charge in [-0.2, -0.15) is 13.2 Å². The summed E-state index contributed by atoms with van der Waals surface area (Å²) in [7, 11) is 1.77. The molecule has 2 amide bonds. The second kappa shape index (κ2) is 12.5. The molecule has 38 heavy (non-hydrogen) atoms. The number of hydrogen-bond acceptors (Lipinski definition) is 4. The van der Waals surface area contributed by atoms with Crippen LogP contribution in [0.5, 0.6) is 5.75 Å². The number of ether oxygens (including phenoxy) is 2. The third kappa shape index (κ3) is 7.42. The lowest BCUT2D eigenvalue weighted by atomic mass is 10.00. The minimum absolute atomic E-state index is 0.0406. The molecule has 0 saturated carbocycles. The zero-order valence-corrected chi connectivity index (χ0v) is 22.5. The van der Waals surface area contributed by atoms with Crippen LogP contribution in [0.15, 0.2) is 48.5 Å². The van der Waals surface area contributed by atoms with Crippen LogP contribution in [0.2, 0.25) is 0 Å². The molecule has 1 saturated heterocycles. The van der Waals surface area contributed by atoms with Gasteiger partial charge in [-0.3, -0.25) is 0 Å². The maximum atomic E-state index is 12.8. The summed E-state index contributed by atoms with van der Waals surface area (Å²) in [6.45, 7) is 6.63. The van der Waals surface area contributed by atoms with Crippen molar-refractivity contribution in [2.45, 2.75) is 77.2 Å². The first-order chi connectivity index (χ1) is 18.0. The second-order valence-corrected chi connectivity index (χ2v) is 9.96. The van der Waals surface area contributed by atoms with E-state index in [-0.39, 0.29) is 24.6 Å². The van der Waals surface area contributed by atoms with Gasteiger partial charge in [0.25, 0.3) is 0 Å². The Balaban J connectivity index is 1.50. The zero-order valence-electron chi connectivity index (χ0n) is 22.5. The maximum absolute atomic E-state index is 12.8. The Labute approximate surface area is 222 Å². The molecular formula is C29H37F3N2O4. The number of likely N-dealkylation sites (N-methyl/N-ethyl adjacent to an activating group) is 1. The van der Waals surface area contributed by atoms with Crippen LogP contribution in [-0.2, 0) is 28.7 Å². The van der Waals surface area contributed by atoms with E-state index in [4.69, 9.17) is 9.47 Å². The van der Waals surface area contributed by atoms with Crippen molar-refractivity contribution >= 4 is 12.0 Å². The van der Waals surface area contributed by atoms with Gasteiger partial charge in [0.15, 0.2) is 0 Å². The van der Waals surface area contributed by atoms with E-state index in [9.17, 15) is 22.8 Å². The molecule has 0 aromatic heterocycles. The maximum Gasteiger partial charge on any atom is 0.416 e. The molecule has 0 aliphatic carbocycles. The molecule has 1 aliphatic heterocycles. The van der Waals surface area contributed by atoms with Crippen molar-refractivity contribution in [3.8, 4) is 5.75 Å². The van der Waals surface area contributed by atoms with Crippen LogP contribution in [-0.4, -0.2) is 53.6 Å². The Kier molecular flexibility index (Phi) is 9.68. The number of nitrogens with zero attached hydrogens (tertiary/aromatic N) is 2. The summed E-state index contributed by atoms with van der Waals surface area (Å²) in [5, 5.41) is 0. The minimum Gasteiger partial charge on any atom is -0.476 e. The normalized spacial score (nSPS) is 17.4. The molecule has 2 aromatic rings. The predicted octanol–water partition coefficient (Wildman–Crippen LogP) is 6.47. The van der Waals surface area contributed by atoms with Crippen LogP contribution in [0, 0.1) is 0 Å². The SMILES string of the molecule is CCCC(C)(Oc1ccc(CCCC2CN(Cc3ccc(C(F)(F)F)cc3)C(=O)N2C)cc1)C(=O)OCC. The van der Waals surface area contributed by atoms with Gasteiger partial charge in [0.05, 0.1) is 18.2 Å². The topological polar surface area (TPSA) is 59.1 Å². The molecule has 0 spiro atoms. The largest absolute Gasteiger partial charge is 0.476 e. The number of urea groups is 1. The highest BCUT2D eigenvalue weighted by atomic mass is 19.4. The number of aryl methyl sites for hydroxylation is 1. The summed E-state index contributed by atoms with van der Waals surface area (Å²) in [5.41, 5.74) is 0.0653. The number of carbonyl (C=O) groups is 2. The number of alkyl halides is 3. The van der Waals surface area contributed by atoms with Crippen molar-refractivity contribution < 1.29 is 32.2 Å². The second-order valence-electron chi connectivity index (χ2n) is 9.96. The van der Waals surface area contributed by atoms with Gasteiger partial charge >= 0.3 is 18.2 Å². The van der Waals surface area contributed by atoms with Gasteiger partial charge in [-0.15, -0.1) is 0 Å². The first-order valence-corrected chi connectivity index (χ1v) is 13.1. The highest BCUT2D eigenvalue weighted by Crippen LogP contribution is 2.30. The summed E-state index contributed by atoms with van der Waals surface area (Å²) in [5.74, 6) is 0.242. The lowest BCUT2D eigenvalue weighted by Crippen LogP contribution is -2.42. The predicted molar refractivity (Wildman–Crippen MR) is 139 cm³/mol. The third-order valence-corrected chi connectivity index (χ3v) is 6.91. The highest BCUT2D eigenvalue weighted by molar-refractivity contribution is 5.79. The molecule has 9 heteroatoms. The molecule has 208 valence electrons. The van der Waals surface area contributed by atoms with Gasteiger partial charge < -0.3 is 19.3 Å². The summed E-state index contributed by atoms with van der Waals surface area (Å²) in [6, 6.07) is 12.6. The Hall–Kier alpha value is -3.23.